The predicted octanol–water partition coefficient (Wildman–Crippen LogP) is 5.33. The van der Waals surface area contributed by atoms with Gasteiger partial charge >= 0.3 is 5.97 Å². The quantitative estimate of drug-likeness (QED) is 0.227. The number of anilines is 1. The van der Waals surface area contributed by atoms with E-state index in [-0.39, 0.29) is 12.5 Å². The number of ether oxygens (including phenoxy) is 2. The Balaban J connectivity index is 1.91. The van der Waals surface area contributed by atoms with Crippen LogP contribution in [0, 0.1) is 17.6 Å². The molecule has 0 unspecified atom stereocenters. The largest absolute Gasteiger partial charge is 0.497 e. The van der Waals surface area contributed by atoms with E-state index >= 15 is 0 Å². The highest BCUT2D eigenvalue weighted by molar-refractivity contribution is 8.04. The van der Waals surface area contributed by atoms with Crippen LogP contribution in [0.2, 0.25) is 0 Å². The van der Waals surface area contributed by atoms with E-state index < -0.39 is 5.97 Å². The maximum absolute atomic E-state index is 12.3. The number of nitriles is 1. The molecule has 2 rings (SSSR count). The number of carbonyl (C=O) groups excluding carboxylic acids is 2. The number of carbonyl (C=O) groups is 2. The van der Waals surface area contributed by atoms with Crippen LogP contribution >= 0.6 is 34.9 Å². The van der Waals surface area contributed by atoms with Crippen molar-refractivity contribution < 1.29 is 19.1 Å². The summed E-state index contributed by atoms with van der Waals surface area (Å²) < 4.78 is 10.2. The minimum absolute atomic E-state index is 0.142. The second-order valence-corrected chi connectivity index (χ2v) is 8.79. The lowest BCUT2D eigenvalue weighted by Crippen LogP contribution is -2.11. The van der Waals surface area contributed by atoms with Gasteiger partial charge < -0.3 is 14.8 Å². The molecule has 6 nitrogen and oxygen atoms in total. The van der Waals surface area contributed by atoms with Gasteiger partial charge in [-0.25, -0.2) is 4.79 Å². The van der Waals surface area contributed by atoms with Crippen LogP contribution < -0.4 is 10.1 Å². The third-order valence-corrected chi connectivity index (χ3v) is 7.05. The molecule has 0 radical (unpaired) electrons. The molecule has 9 heteroatoms. The van der Waals surface area contributed by atoms with E-state index in [0.717, 1.165) is 39.5 Å². The molecule has 0 spiro atoms. The van der Waals surface area contributed by atoms with Crippen molar-refractivity contribution in [1.82, 2.24) is 0 Å². The van der Waals surface area contributed by atoms with Crippen LogP contribution in [0.25, 0.3) is 0 Å². The van der Waals surface area contributed by atoms with Gasteiger partial charge in [-0.2, -0.15) is 5.26 Å². The molecular weight excluding hydrogens is 428 g/mol. The van der Waals surface area contributed by atoms with Crippen molar-refractivity contribution in [2.24, 2.45) is 0 Å². The van der Waals surface area contributed by atoms with Crippen molar-refractivity contribution in [2.75, 3.05) is 24.8 Å². The molecule has 0 atom stereocenters. The van der Waals surface area contributed by atoms with Crippen LogP contribution in [-0.4, -0.2) is 31.3 Å². The topological polar surface area (TPSA) is 88.4 Å². The normalized spacial score (nSPS) is 10.3. The molecule has 1 aromatic carbocycles. The maximum atomic E-state index is 12.3. The summed E-state index contributed by atoms with van der Waals surface area (Å²) >= 11 is 3.75. The first-order valence-electron chi connectivity index (χ1n) is 8.93. The monoisotopic (exact) mass is 450 g/mol. The van der Waals surface area contributed by atoms with Gasteiger partial charge in [0.15, 0.2) is 0 Å². The summed E-state index contributed by atoms with van der Waals surface area (Å²) in [5.41, 5.74) is 0.658. The standard InChI is InChI=1S/C20H22N2O4S3/c1-4-26-20(24)18-13(2)17(28-12-21)19(29-18)22-16(23)6-5-11-27-15-9-7-14(25-3)8-10-15/h7-10H,4-6,11H2,1-3H3,(H,22,23). The number of thiocyanates is 1. The SMILES string of the molecule is CCOC(=O)c1sc(NC(=O)CCCSc2ccc(OC)cc2)c(SC#N)c1C. The van der Waals surface area contributed by atoms with Gasteiger partial charge in [-0.05, 0) is 67.6 Å². The molecule has 0 saturated heterocycles. The summed E-state index contributed by atoms with van der Waals surface area (Å²) in [7, 11) is 1.63. The van der Waals surface area contributed by atoms with E-state index in [1.165, 1.54) is 0 Å². The number of nitrogens with zero attached hydrogens (tertiary/aromatic N) is 1. The molecule has 0 aliphatic rings. The van der Waals surface area contributed by atoms with Gasteiger partial charge in [0.1, 0.15) is 21.0 Å². The van der Waals surface area contributed by atoms with Crippen LogP contribution in [0.3, 0.4) is 0 Å². The van der Waals surface area contributed by atoms with Crippen molar-refractivity contribution in [3.05, 3.63) is 34.7 Å². The molecule has 29 heavy (non-hydrogen) atoms. The third kappa shape index (κ3) is 6.70. The molecule has 0 aliphatic heterocycles. The summed E-state index contributed by atoms with van der Waals surface area (Å²) in [5.74, 6) is 1.04. The second kappa shape index (κ2) is 11.8. The Hall–Kier alpha value is -2.15. The zero-order valence-corrected chi connectivity index (χ0v) is 18.9. The van der Waals surface area contributed by atoms with Crippen LogP contribution in [0.5, 0.6) is 5.75 Å². The molecule has 0 aliphatic carbocycles. The summed E-state index contributed by atoms with van der Waals surface area (Å²) in [5, 5.41) is 14.4. The van der Waals surface area contributed by atoms with E-state index in [4.69, 9.17) is 14.7 Å². The molecule has 0 bridgehead atoms. The van der Waals surface area contributed by atoms with Gasteiger partial charge in [-0.15, -0.1) is 23.1 Å². The van der Waals surface area contributed by atoms with Crippen molar-refractivity contribution in [1.29, 1.82) is 5.26 Å². The fraction of sp³-hybridized carbons (Fsp3) is 0.350. The minimum atomic E-state index is -0.439. The Morgan fingerprint density at radius 2 is 2.00 bits per heavy atom. The molecule has 1 amide bonds. The number of methoxy groups -OCH3 is 1. The van der Waals surface area contributed by atoms with Gasteiger partial charge in [-0.1, -0.05) is 0 Å². The molecular formula is C20H22N2O4S3. The van der Waals surface area contributed by atoms with Crippen molar-refractivity contribution in [3.8, 4) is 11.2 Å². The zero-order valence-electron chi connectivity index (χ0n) is 16.4. The first kappa shape index (κ1) is 23.1. The Morgan fingerprint density at radius 1 is 1.28 bits per heavy atom. The number of thioether (sulfide) groups is 2. The van der Waals surface area contributed by atoms with Gasteiger partial charge in [0.25, 0.3) is 0 Å². The van der Waals surface area contributed by atoms with Crippen LogP contribution in [-0.2, 0) is 9.53 Å². The van der Waals surface area contributed by atoms with E-state index in [2.05, 4.69) is 5.32 Å². The van der Waals surface area contributed by atoms with Gasteiger partial charge in [0, 0.05) is 11.3 Å². The van der Waals surface area contributed by atoms with Crippen LogP contribution in [0.4, 0.5) is 5.00 Å². The number of amides is 1. The minimum Gasteiger partial charge on any atom is -0.497 e. The molecule has 1 aromatic heterocycles. The number of esters is 1. The summed E-state index contributed by atoms with van der Waals surface area (Å²) in [6.07, 6.45) is 1.06. The van der Waals surface area contributed by atoms with E-state index in [1.807, 2.05) is 29.7 Å². The molecule has 2 aromatic rings. The third-order valence-electron chi connectivity index (χ3n) is 3.83. The van der Waals surface area contributed by atoms with Gasteiger partial charge in [0.2, 0.25) is 5.91 Å². The van der Waals surface area contributed by atoms with E-state index in [1.54, 1.807) is 32.7 Å². The van der Waals surface area contributed by atoms with Crippen molar-refractivity contribution >= 4 is 51.7 Å². The Kier molecular flexibility index (Phi) is 9.38. The fourth-order valence-electron chi connectivity index (χ4n) is 2.42. The number of hydrogen-bond acceptors (Lipinski definition) is 8. The first-order chi connectivity index (χ1) is 14.0. The highest BCUT2D eigenvalue weighted by Crippen LogP contribution is 2.40. The van der Waals surface area contributed by atoms with Crippen molar-refractivity contribution in [3.63, 3.8) is 0 Å². The molecule has 154 valence electrons. The number of benzene rings is 1. The lowest BCUT2D eigenvalue weighted by atomic mass is 10.3. The number of nitrogens with one attached hydrogen (secondary N) is 1. The number of thiophene rings is 1. The predicted molar refractivity (Wildman–Crippen MR) is 118 cm³/mol. The van der Waals surface area contributed by atoms with Gasteiger partial charge in [-0.3, -0.25) is 4.79 Å². The zero-order chi connectivity index (χ0) is 21.2. The van der Waals surface area contributed by atoms with E-state index in [0.29, 0.717) is 33.2 Å². The fourth-order valence-corrected chi connectivity index (χ4v) is 5.09. The van der Waals surface area contributed by atoms with Gasteiger partial charge in [0.05, 0.1) is 18.6 Å². The lowest BCUT2D eigenvalue weighted by molar-refractivity contribution is -0.116. The lowest BCUT2D eigenvalue weighted by Gasteiger charge is -2.05. The number of hydrogen-bond donors (Lipinski definition) is 1. The Labute approximate surface area is 183 Å². The summed E-state index contributed by atoms with van der Waals surface area (Å²) in [6.45, 7) is 3.76. The molecule has 0 saturated carbocycles. The Morgan fingerprint density at radius 3 is 2.62 bits per heavy atom. The average molecular weight is 451 g/mol. The van der Waals surface area contributed by atoms with E-state index in [9.17, 15) is 9.59 Å². The van der Waals surface area contributed by atoms with Crippen LogP contribution in [0.15, 0.2) is 34.1 Å². The first-order valence-corrected chi connectivity index (χ1v) is 11.5. The summed E-state index contributed by atoms with van der Waals surface area (Å²) in [4.78, 5) is 26.5. The van der Waals surface area contributed by atoms with Crippen LogP contribution in [0.1, 0.15) is 35.0 Å². The molecule has 0 fully saturated rings. The maximum Gasteiger partial charge on any atom is 0.348 e. The highest BCUT2D eigenvalue weighted by atomic mass is 32.2. The smallest absolute Gasteiger partial charge is 0.348 e. The highest BCUT2D eigenvalue weighted by Gasteiger charge is 2.22. The Bertz CT molecular complexity index is 888. The summed E-state index contributed by atoms with van der Waals surface area (Å²) in [6, 6.07) is 7.79. The van der Waals surface area contributed by atoms with Crippen molar-refractivity contribution in [2.45, 2.75) is 36.5 Å². The molecule has 1 N–H and O–H groups in total. The number of rotatable bonds is 10. The average Bonchev–Trinajstić information content (AvgIpc) is 3.02. The second-order valence-electron chi connectivity index (χ2n) is 5.80. The molecule has 1 heterocycles.